The second-order valence-corrected chi connectivity index (χ2v) is 5.61. The van der Waals surface area contributed by atoms with E-state index in [1.807, 2.05) is 0 Å². The number of amides is 1. The van der Waals surface area contributed by atoms with Gasteiger partial charge in [0.2, 0.25) is 0 Å². The standard InChI is InChI=1S/C13H16ClN3O3/c1-13(12(19)20)5-3-2-4-9(13)17-11(18)8-6-15-7-10(14)16-8/h6-7,9H,2-5H2,1H3,(H,17,18)(H,19,20). The lowest BCUT2D eigenvalue weighted by Gasteiger charge is -2.38. The minimum atomic E-state index is -0.945. The minimum Gasteiger partial charge on any atom is -0.481 e. The van der Waals surface area contributed by atoms with E-state index in [1.54, 1.807) is 6.92 Å². The smallest absolute Gasteiger partial charge is 0.311 e. The quantitative estimate of drug-likeness (QED) is 0.889. The Bertz CT molecular complexity index is 537. The molecule has 1 aliphatic rings. The fraction of sp³-hybridized carbons (Fsp3) is 0.538. The van der Waals surface area contributed by atoms with Crippen LogP contribution >= 0.6 is 11.6 Å². The third-order valence-electron chi connectivity index (χ3n) is 3.84. The van der Waals surface area contributed by atoms with Gasteiger partial charge in [0.15, 0.2) is 0 Å². The summed E-state index contributed by atoms with van der Waals surface area (Å²) in [5.41, 5.74) is -0.851. The Kier molecular flexibility index (Phi) is 4.23. The summed E-state index contributed by atoms with van der Waals surface area (Å²) < 4.78 is 0. The lowest BCUT2D eigenvalue weighted by atomic mass is 9.71. The Morgan fingerprint density at radius 1 is 1.45 bits per heavy atom. The van der Waals surface area contributed by atoms with Crippen molar-refractivity contribution in [1.82, 2.24) is 15.3 Å². The highest BCUT2D eigenvalue weighted by atomic mass is 35.5. The number of hydrogen-bond acceptors (Lipinski definition) is 4. The minimum absolute atomic E-state index is 0.0933. The maximum Gasteiger partial charge on any atom is 0.311 e. The van der Waals surface area contributed by atoms with Crippen molar-refractivity contribution in [3.05, 3.63) is 23.2 Å². The molecular formula is C13H16ClN3O3. The first-order chi connectivity index (χ1) is 9.43. The van der Waals surface area contributed by atoms with Crippen LogP contribution in [0.1, 0.15) is 43.1 Å². The molecule has 1 fully saturated rings. The van der Waals surface area contributed by atoms with Crippen LogP contribution in [0.4, 0.5) is 0 Å². The molecule has 0 bridgehead atoms. The molecule has 0 aliphatic heterocycles. The molecule has 2 rings (SSSR count). The molecular weight excluding hydrogens is 282 g/mol. The van der Waals surface area contributed by atoms with E-state index in [4.69, 9.17) is 11.6 Å². The fourth-order valence-electron chi connectivity index (χ4n) is 2.50. The van der Waals surface area contributed by atoms with Crippen LogP contribution < -0.4 is 5.32 Å². The van der Waals surface area contributed by atoms with Crippen molar-refractivity contribution in [2.24, 2.45) is 5.41 Å². The molecule has 108 valence electrons. The molecule has 6 nitrogen and oxygen atoms in total. The van der Waals surface area contributed by atoms with Gasteiger partial charge >= 0.3 is 5.97 Å². The lowest BCUT2D eigenvalue weighted by molar-refractivity contribution is -0.151. The number of nitrogens with zero attached hydrogens (tertiary/aromatic N) is 2. The zero-order valence-corrected chi connectivity index (χ0v) is 11.9. The molecule has 0 aromatic carbocycles. The van der Waals surface area contributed by atoms with E-state index >= 15 is 0 Å². The molecule has 2 N–H and O–H groups in total. The summed E-state index contributed by atoms with van der Waals surface area (Å²) in [5.74, 6) is -1.33. The zero-order chi connectivity index (χ0) is 14.8. The number of carbonyl (C=O) groups excluding carboxylic acids is 1. The maximum atomic E-state index is 12.1. The number of aromatic nitrogens is 2. The summed E-state index contributed by atoms with van der Waals surface area (Å²) in [6, 6.07) is -0.415. The van der Waals surface area contributed by atoms with Crippen LogP contribution in [0.25, 0.3) is 0 Å². The Labute approximate surface area is 121 Å². The van der Waals surface area contributed by atoms with Crippen LogP contribution in [0, 0.1) is 5.41 Å². The summed E-state index contributed by atoms with van der Waals surface area (Å²) in [4.78, 5) is 31.2. The third-order valence-corrected chi connectivity index (χ3v) is 4.02. The number of carboxylic acid groups (broad SMARTS) is 1. The van der Waals surface area contributed by atoms with Gasteiger partial charge in [-0.15, -0.1) is 0 Å². The van der Waals surface area contributed by atoms with Crippen LogP contribution in [-0.4, -0.2) is 33.0 Å². The van der Waals surface area contributed by atoms with Crippen molar-refractivity contribution < 1.29 is 14.7 Å². The van der Waals surface area contributed by atoms with Crippen molar-refractivity contribution in [1.29, 1.82) is 0 Å². The predicted octanol–water partition coefficient (Wildman–Crippen LogP) is 1.89. The molecule has 0 spiro atoms. The van der Waals surface area contributed by atoms with E-state index < -0.39 is 23.3 Å². The van der Waals surface area contributed by atoms with E-state index in [2.05, 4.69) is 15.3 Å². The van der Waals surface area contributed by atoms with E-state index in [0.29, 0.717) is 12.8 Å². The molecule has 7 heteroatoms. The molecule has 1 aromatic heterocycles. The summed E-state index contributed by atoms with van der Waals surface area (Å²) >= 11 is 5.69. The highest BCUT2D eigenvalue weighted by molar-refractivity contribution is 6.29. The molecule has 20 heavy (non-hydrogen) atoms. The van der Waals surface area contributed by atoms with Crippen LogP contribution in [0.2, 0.25) is 5.15 Å². The summed E-state index contributed by atoms with van der Waals surface area (Å²) in [7, 11) is 0. The fourth-order valence-corrected chi connectivity index (χ4v) is 2.65. The van der Waals surface area contributed by atoms with Gasteiger partial charge in [0.05, 0.1) is 17.8 Å². The van der Waals surface area contributed by atoms with Gasteiger partial charge in [-0.25, -0.2) is 4.98 Å². The van der Waals surface area contributed by atoms with Crippen LogP contribution in [0.3, 0.4) is 0 Å². The first kappa shape index (κ1) is 14.7. The van der Waals surface area contributed by atoms with Crippen LogP contribution in [-0.2, 0) is 4.79 Å². The normalized spacial score (nSPS) is 26.0. The first-order valence-electron chi connectivity index (χ1n) is 6.45. The number of halogens is 1. The molecule has 2 atom stereocenters. The number of carboxylic acids is 1. The first-order valence-corrected chi connectivity index (χ1v) is 6.83. The highest BCUT2D eigenvalue weighted by Crippen LogP contribution is 2.36. The average molecular weight is 298 g/mol. The lowest BCUT2D eigenvalue weighted by Crippen LogP contribution is -2.52. The third kappa shape index (κ3) is 2.90. The average Bonchev–Trinajstić information content (AvgIpc) is 2.41. The summed E-state index contributed by atoms with van der Waals surface area (Å²) in [6.07, 6.45) is 5.58. The molecule has 2 unspecified atom stereocenters. The van der Waals surface area contributed by atoms with Gasteiger partial charge in [-0.3, -0.25) is 14.6 Å². The molecule has 0 radical (unpaired) electrons. The largest absolute Gasteiger partial charge is 0.481 e. The number of nitrogens with one attached hydrogen (secondary N) is 1. The van der Waals surface area contributed by atoms with Gasteiger partial charge in [0.1, 0.15) is 10.8 Å². The van der Waals surface area contributed by atoms with Crippen molar-refractivity contribution in [2.75, 3.05) is 0 Å². The van der Waals surface area contributed by atoms with Crippen LogP contribution in [0.5, 0.6) is 0 Å². The Hall–Kier alpha value is -1.69. The second kappa shape index (κ2) is 5.75. The van der Waals surface area contributed by atoms with Gasteiger partial charge in [-0.1, -0.05) is 24.4 Å². The number of hydrogen-bond donors (Lipinski definition) is 2. The summed E-state index contributed by atoms with van der Waals surface area (Å²) in [6.45, 7) is 1.67. The monoisotopic (exact) mass is 297 g/mol. The van der Waals surface area contributed by atoms with Gasteiger partial charge in [-0.2, -0.15) is 0 Å². The van der Waals surface area contributed by atoms with Crippen molar-refractivity contribution >= 4 is 23.5 Å². The SMILES string of the molecule is CC1(C(=O)O)CCCCC1NC(=O)c1cncc(Cl)n1. The molecule has 1 amide bonds. The molecule has 1 aromatic rings. The summed E-state index contributed by atoms with van der Waals surface area (Å²) in [5, 5.41) is 12.3. The van der Waals surface area contributed by atoms with E-state index in [9.17, 15) is 14.7 Å². The van der Waals surface area contributed by atoms with Crippen molar-refractivity contribution in [3.8, 4) is 0 Å². The van der Waals surface area contributed by atoms with Crippen LogP contribution in [0.15, 0.2) is 12.4 Å². The van der Waals surface area contributed by atoms with Gasteiger partial charge < -0.3 is 10.4 Å². The van der Waals surface area contributed by atoms with E-state index in [1.165, 1.54) is 12.4 Å². The number of carbonyl (C=O) groups is 2. The molecule has 1 aliphatic carbocycles. The van der Waals surface area contributed by atoms with Crippen molar-refractivity contribution in [3.63, 3.8) is 0 Å². The van der Waals surface area contributed by atoms with Crippen molar-refractivity contribution in [2.45, 2.75) is 38.6 Å². The van der Waals surface area contributed by atoms with E-state index in [0.717, 1.165) is 12.8 Å². The molecule has 0 saturated heterocycles. The Morgan fingerprint density at radius 3 is 2.85 bits per heavy atom. The highest BCUT2D eigenvalue weighted by Gasteiger charge is 2.44. The van der Waals surface area contributed by atoms with Gasteiger partial charge in [0, 0.05) is 6.04 Å². The molecule has 1 saturated carbocycles. The molecule has 1 heterocycles. The maximum absolute atomic E-state index is 12.1. The zero-order valence-electron chi connectivity index (χ0n) is 11.1. The topological polar surface area (TPSA) is 92.2 Å². The van der Waals surface area contributed by atoms with Gasteiger partial charge in [0.25, 0.3) is 5.91 Å². The predicted molar refractivity (Wildman–Crippen MR) is 72.5 cm³/mol. The number of rotatable bonds is 3. The van der Waals surface area contributed by atoms with E-state index in [-0.39, 0.29) is 10.8 Å². The number of aliphatic carboxylic acids is 1. The second-order valence-electron chi connectivity index (χ2n) is 5.22. The Morgan fingerprint density at radius 2 is 2.20 bits per heavy atom. The van der Waals surface area contributed by atoms with Gasteiger partial charge in [-0.05, 0) is 19.8 Å². The Balaban J connectivity index is 2.15.